The number of fused-ring (bicyclic) bond motifs is 3. The van der Waals surface area contributed by atoms with Crippen molar-refractivity contribution in [1.29, 1.82) is 0 Å². The zero-order chi connectivity index (χ0) is 79.0. The van der Waals surface area contributed by atoms with Gasteiger partial charge in [0.05, 0.1) is 96.2 Å². The smallest absolute Gasteiger partial charge is 0.338 e. The van der Waals surface area contributed by atoms with E-state index in [-0.39, 0.29) is 73.1 Å². The van der Waals surface area contributed by atoms with E-state index in [0.717, 1.165) is 28.1 Å². The molecular formula is C82H78ClN19O11S. The van der Waals surface area contributed by atoms with Gasteiger partial charge in [-0.25, -0.2) is 44.6 Å². The number of carbonyl (C=O) groups is 2. The number of halogens is 1. The van der Waals surface area contributed by atoms with Gasteiger partial charge >= 0.3 is 22.2 Å². The number of nitrogens with zero attached hydrogens (tertiary/aromatic N) is 15. The average Bonchev–Trinajstić information content (AvgIpc) is 1.65. The lowest BCUT2D eigenvalue weighted by Crippen LogP contribution is -2.36. The molecule has 0 spiro atoms. The molecule has 30 nitrogen and oxygen atoms in total. The van der Waals surface area contributed by atoms with Gasteiger partial charge in [0, 0.05) is 84.3 Å². The van der Waals surface area contributed by atoms with Crippen molar-refractivity contribution in [3.63, 3.8) is 0 Å². The zero-order valence-electron chi connectivity index (χ0n) is 61.4. The molecule has 3 saturated carbocycles. The molecule has 9 aromatic heterocycles. The van der Waals surface area contributed by atoms with Crippen LogP contribution in [-0.2, 0) is 24.0 Å². The third-order valence-corrected chi connectivity index (χ3v) is 21.3. The van der Waals surface area contributed by atoms with Crippen molar-refractivity contribution in [1.82, 2.24) is 73.7 Å². The number of nitrogens with two attached hydrogens (primary N) is 1. The number of anilines is 3. The van der Waals surface area contributed by atoms with Crippen molar-refractivity contribution < 1.29 is 52.1 Å². The summed E-state index contributed by atoms with van der Waals surface area (Å²) < 4.78 is 43.7. The number of hydrogen-bond donors (Lipinski definition) is 8. The molecule has 114 heavy (non-hydrogen) atoms. The van der Waals surface area contributed by atoms with E-state index >= 15 is 0 Å². The number of hydrogen-bond acceptors (Lipinski definition) is 26. The maximum absolute atomic E-state index is 12.9. The summed E-state index contributed by atoms with van der Waals surface area (Å²) in [5, 5.41) is 70.3. The molecule has 12 atom stereocenters. The highest BCUT2D eigenvalue weighted by Crippen LogP contribution is 2.40. The number of aromatic nitrogens is 15. The second-order valence-corrected chi connectivity index (χ2v) is 29.7. The van der Waals surface area contributed by atoms with Crippen LogP contribution >= 0.6 is 11.6 Å². The van der Waals surface area contributed by atoms with E-state index < -0.39 is 52.6 Å². The van der Waals surface area contributed by atoms with Gasteiger partial charge in [0.2, 0.25) is 0 Å². The molecule has 3 aliphatic rings. The fraction of sp³-hybridized carbons (Fsp3) is 0.244. The molecule has 580 valence electrons. The van der Waals surface area contributed by atoms with E-state index in [1.165, 1.54) is 0 Å². The van der Waals surface area contributed by atoms with Crippen LogP contribution in [0, 0.1) is 29.6 Å². The summed E-state index contributed by atoms with van der Waals surface area (Å²) in [5.41, 5.74) is 11.3. The van der Waals surface area contributed by atoms with E-state index in [1.54, 1.807) is 124 Å². The summed E-state index contributed by atoms with van der Waals surface area (Å²) >= 11 is 6.41. The normalized spacial score (nSPS) is 21.2. The van der Waals surface area contributed by atoms with E-state index in [9.17, 15) is 38.4 Å². The van der Waals surface area contributed by atoms with Crippen LogP contribution in [0.25, 0.3) is 84.9 Å². The van der Waals surface area contributed by atoms with Crippen LogP contribution in [-0.4, -0.2) is 177 Å². The molecule has 9 N–H and O–H groups in total. The molecule has 32 heteroatoms. The first-order chi connectivity index (χ1) is 55.4. The molecule has 3 fully saturated rings. The summed E-state index contributed by atoms with van der Waals surface area (Å²) in [6, 6.07) is 56.8. The van der Waals surface area contributed by atoms with E-state index in [2.05, 4.69) is 60.1 Å². The third-order valence-electron chi connectivity index (χ3n) is 20.7. The van der Waals surface area contributed by atoms with Gasteiger partial charge in [-0.05, 0) is 67.5 Å². The number of esters is 2. The van der Waals surface area contributed by atoms with Gasteiger partial charge in [0.1, 0.15) is 75.1 Å². The van der Waals surface area contributed by atoms with Gasteiger partial charge in [-0.15, -0.1) is 0 Å². The minimum absolute atomic E-state index is 0.00224. The molecule has 14 aromatic rings. The first-order valence-electron chi connectivity index (χ1n) is 36.8. The Hall–Kier alpha value is -12.5. The van der Waals surface area contributed by atoms with Crippen LogP contribution in [0.1, 0.15) is 53.8 Å². The number of nitrogens with one attached hydrogen (secondary N) is 3. The molecule has 0 bridgehead atoms. The van der Waals surface area contributed by atoms with Gasteiger partial charge in [-0.3, -0.25) is 19.1 Å². The lowest BCUT2D eigenvalue weighted by molar-refractivity contribution is 0.00776. The fourth-order valence-corrected chi connectivity index (χ4v) is 15.2. The lowest BCUT2D eigenvalue weighted by Gasteiger charge is -2.25. The van der Waals surface area contributed by atoms with Crippen LogP contribution in [0.5, 0.6) is 0 Å². The zero-order valence-corrected chi connectivity index (χ0v) is 63.0. The first-order valence-corrected chi connectivity index (χ1v) is 38.7. The molecule has 0 amide bonds. The summed E-state index contributed by atoms with van der Waals surface area (Å²) in [6.07, 6.45) is 11.6. The number of carbonyl (C=O) groups excluding carboxylic acids is 2. The van der Waals surface area contributed by atoms with Crippen LogP contribution < -0.4 is 21.1 Å². The molecule has 0 saturated heterocycles. The maximum Gasteiger partial charge on any atom is 0.338 e. The Balaban J connectivity index is 0.000000135. The summed E-state index contributed by atoms with van der Waals surface area (Å²) in [6.45, 7) is 3.69. The summed E-state index contributed by atoms with van der Waals surface area (Å²) in [5.74, 6) is 0.282. The fourth-order valence-electron chi connectivity index (χ4n) is 14.6. The SMILES string of the molecule is C[C@H]1C(OC(=O)c2ccccc2)[C@H](Nc2cc(Cl)nc3cc(-c4cncc(-c5ccccc5)n4)nn23)C[C@@H]1CO.C[C@H]1C(OC(=O)c2ccccc2)[C@H](Nc2ccnc3cc(-c4cncc(-c5ccccc5)n4)nn23)C[C@@H]1CO.NS(=O)(=O)OC[C@H]1C[C@@H](Nc2ccnc3cc(-c4cncc(-c5ccccc5)n4)nn23)[C@H](O)[C@@H]1O. The Bertz CT molecular complexity index is 5810. The Labute approximate surface area is 658 Å². The molecule has 5 aromatic carbocycles. The van der Waals surface area contributed by atoms with Crippen molar-refractivity contribution in [3.05, 3.63) is 254 Å². The van der Waals surface area contributed by atoms with Crippen LogP contribution in [0.15, 0.2) is 238 Å². The molecule has 9 heterocycles. The minimum Gasteiger partial charge on any atom is -0.456 e. The molecule has 17 rings (SSSR count). The second-order valence-electron chi connectivity index (χ2n) is 28.0. The van der Waals surface area contributed by atoms with Crippen molar-refractivity contribution in [2.24, 2.45) is 34.7 Å². The number of rotatable bonds is 21. The topological polar surface area (TPSA) is 407 Å². The highest BCUT2D eigenvalue weighted by atomic mass is 35.5. The van der Waals surface area contributed by atoms with Crippen molar-refractivity contribution >= 4 is 68.2 Å². The monoisotopic (exact) mass is 1570 g/mol. The van der Waals surface area contributed by atoms with E-state index in [4.69, 9.17) is 46.4 Å². The first kappa shape index (κ1) is 76.9. The van der Waals surface area contributed by atoms with Crippen LogP contribution in [0.2, 0.25) is 5.15 Å². The highest BCUT2D eigenvalue weighted by Gasteiger charge is 2.46. The molecule has 0 aliphatic heterocycles. The summed E-state index contributed by atoms with van der Waals surface area (Å²) in [7, 11) is -4.15. The van der Waals surface area contributed by atoms with Crippen molar-refractivity contribution in [3.8, 4) is 67.9 Å². The quantitative estimate of drug-likeness (QED) is 0.0245. The average molecular weight is 1570 g/mol. The van der Waals surface area contributed by atoms with E-state index in [1.807, 2.05) is 141 Å². The third kappa shape index (κ3) is 17.4. The molecule has 2 unspecified atom stereocenters. The van der Waals surface area contributed by atoms with Crippen LogP contribution in [0.4, 0.5) is 17.5 Å². The number of aliphatic hydroxyl groups excluding tert-OH is 4. The van der Waals surface area contributed by atoms with Gasteiger partial charge < -0.3 is 45.9 Å². The maximum atomic E-state index is 12.9. The van der Waals surface area contributed by atoms with E-state index in [0.29, 0.717) is 98.2 Å². The largest absolute Gasteiger partial charge is 0.456 e. The minimum atomic E-state index is -4.15. The highest BCUT2D eigenvalue weighted by molar-refractivity contribution is 7.84. The molecule has 3 aliphatic carbocycles. The van der Waals surface area contributed by atoms with Gasteiger partial charge in [0.25, 0.3) is 0 Å². The van der Waals surface area contributed by atoms with Crippen LogP contribution in [0.3, 0.4) is 0 Å². The Morgan fingerprint density at radius 3 is 1.22 bits per heavy atom. The number of ether oxygens (including phenoxy) is 2. The van der Waals surface area contributed by atoms with Gasteiger partial charge in [-0.1, -0.05) is 153 Å². The standard InChI is InChI=1S/C30H27ClN6O3.C30H28N6O3.C22H23N7O5S/c1-18-21(17-38)12-23(29(18)40-30(39)20-10-6-3-7-11-20)34-28-14-26(31)35-27-13-22(36-37(27)28)25-16-32-15-24(33-25)19-8-4-2-5-9-19;1-19-22(18-37)14-24(29(19)39-30(38)21-10-6-3-7-11-21)34-27-12-13-32-28-15-23(35-36(27)28)26-17-31-16-25(33-26)20-8-4-2-5-9-20;23-35(32,33)34-12-14-8-16(22(31)21(14)30)27-19-6-7-25-20-9-15(28-29(19)20)18-11-24-10-17(26-18)13-4-2-1-3-5-13/h2-11,13-16,18,21,23,29,34,38H,12,17H2,1H3;2-13,15-17,19,22,24,29,34,37H,14,18H2,1H3;1-7,9-11,14,16,21-22,27,30-31H,8,12H2,(H2,23,32,33)/t18-,21-,23-,29?;19-,22-,24-,29?;14-,16-,21-,22+/m111/s1. The Morgan fingerprint density at radius 2 is 0.816 bits per heavy atom. The summed E-state index contributed by atoms with van der Waals surface area (Å²) in [4.78, 5) is 66.4. The van der Waals surface area contributed by atoms with Crippen molar-refractivity contribution in [2.45, 2.75) is 75.7 Å². The van der Waals surface area contributed by atoms with Gasteiger partial charge in [0.15, 0.2) is 16.9 Å². The van der Waals surface area contributed by atoms with Crippen molar-refractivity contribution in [2.75, 3.05) is 35.8 Å². The Morgan fingerprint density at radius 1 is 0.456 bits per heavy atom. The molecule has 0 radical (unpaired) electrons. The number of benzene rings is 5. The van der Waals surface area contributed by atoms with Gasteiger partial charge in [-0.2, -0.15) is 37.3 Å². The lowest BCUT2D eigenvalue weighted by atomic mass is 9.98. The Kier molecular flexibility index (Phi) is 23.1. The predicted octanol–water partition coefficient (Wildman–Crippen LogP) is 10.3. The second kappa shape index (κ2) is 34.3. The number of aliphatic hydroxyl groups is 4. The predicted molar refractivity (Wildman–Crippen MR) is 425 cm³/mol. The molecular weight excluding hydrogens is 1490 g/mol.